The molecule has 0 unspecified atom stereocenters. The van der Waals surface area contributed by atoms with E-state index < -0.39 is 5.97 Å². The van der Waals surface area contributed by atoms with Crippen LogP contribution in [0.2, 0.25) is 0 Å². The molecule has 0 aliphatic heterocycles. The van der Waals surface area contributed by atoms with Crippen molar-refractivity contribution in [3.05, 3.63) is 17.8 Å². The molecule has 112 valence electrons. The number of nitrogens with one attached hydrogen (secondary N) is 1. The lowest BCUT2D eigenvalue weighted by molar-refractivity contribution is -0.137. The van der Waals surface area contributed by atoms with Crippen molar-refractivity contribution in [2.45, 2.75) is 46.2 Å². The van der Waals surface area contributed by atoms with Gasteiger partial charge in [-0.2, -0.15) is 0 Å². The Labute approximate surface area is 118 Å². The average Bonchev–Trinajstić information content (AvgIpc) is 2.83. The van der Waals surface area contributed by atoms with Crippen LogP contribution in [0.3, 0.4) is 0 Å². The number of rotatable bonds is 7. The minimum Gasteiger partial charge on any atom is -0.481 e. The summed E-state index contributed by atoms with van der Waals surface area (Å²) in [5.41, 5.74) is 0. The van der Waals surface area contributed by atoms with E-state index in [1.807, 2.05) is 20.8 Å². The molecule has 2 amide bonds. The van der Waals surface area contributed by atoms with Crippen molar-refractivity contribution in [3.8, 4) is 0 Å². The monoisotopic (exact) mass is 283 g/mol. The van der Waals surface area contributed by atoms with Crippen LogP contribution in [0.15, 0.2) is 10.6 Å². The highest BCUT2D eigenvalue weighted by Gasteiger charge is 2.18. The zero-order chi connectivity index (χ0) is 15.1. The van der Waals surface area contributed by atoms with Gasteiger partial charge in [0.15, 0.2) is 0 Å². The van der Waals surface area contributed by atoms with Gasteiger partial charge in [-0.1, -0.05) is 6.92 Å². The Bertz CT molecular complexity index is 456. The number of aliphatic carboxylic acids is 1. The predicted molar refractivity (Wildman–Crippen MR) is 72.2 cm³/mol. The minimum absolute atomic E-state index is 0.0786. The molecule has 7 nitrogen and oxygen atoms in total. The smallest absolute Gasteiger partial charge is 0.318 e. The summed E-state index contributed by atoms with van der Waals surface area (Å²) in [5, 5.41) is 11.4. The molecule has 0 aliphatic rings. The maximum Gasteiger partial charge on any atom is 0.318 e. The zero-order valence-electron chi connectivity index (χ0n) is 12.0. The molecule has 0 radical (unpaired) electrons. The van der Waals surface area contributed by atoms with Crippen molar-refractivity contribution in [2.75, 3.05) is 6.54 Å². The molecule has 0 fully saturated rings. The number of aryl methyl sites for hydroxylation is 1. The van der Waals surface area contributed by atoms with Gasteiger partial charge in [0.1, 0.15) is 5.76 Å². The molecular formula is C13H21N3O4. The van der Waals surface area contributed by atoms with Crippen LogP contribution in [0.1, 0.15) is 38.8 Å². The number of nitrogens with zero attached hydrogens (tertiary/aromatic N) is 2. The molecule has 7 heteroatoms. The molecule has 0 atom stereocenters. The highest BCUT2D eigenvalue weighted by Crippen LogP contribution is 2.05. The highest BCUT2D eigenvalue weighted by atomic mass is 16.4. The van der Waals surface area contributed by atoms with Gasteiger partial charge in [-0.3, -0.25) is 4.79 Å². The molecule has 1 heterocycles. The normalized spacial score (nSPS) is 10.6. The fourth-order valence-corrected chi connectivity index (χ4v) is 1.66. The minimum atomic E-state index is -0.927. The Morgan fingerprint density at radius 2 is 2.20 bits per heavy atom. The topological polar surface area (TPSA) is 95.7 Å². The second-order valence-corrected chi connectivity index (χ2v) is 4.66. The van der Waals surface area contributed by atoms with Crippen LogP contribution in [-0.4, -0.2) is 39.6 Å². The van der Waals surface area contributed by atoms with Gasteiger partial charge in [0, 0.05) is 19.0 Å². The largest absolute Gasteiger partial charge is 0.481 e. The fourth-order valence-electron chi connectivity index (χ4n) is 1.66. The molecule has 0 saturated heterocycles. The number of carbonyl (C=O) groups excluding carboxylic acids is 1. The number of hydrogen-bond acceptors (Lipinski definition) is 4. The number of carboxylic acid groups (broad SMARTS) is 1. The quantitative estimate of drug-likeness (QED) is 0.793. The third kappa shape index (κ3) is 4.91. The van der Waals surface area contributed by atoms with Gasteiger partial charge < -0.3 is 19.7 Å². The van der Waals surface area contributed by atoms with Gasteiger partial charge in [-0.15, -0.1) is 0 Å². The molecule has 1 rings (SSSR count). The average molecular weight is 283 g/mol. The van der Waals surface area contributed by atoms with E-state index in [2.05, 4.69) is 10.3 Å². The third-order valence-electron chi connectivity index (χ3n) is 2.79. The first kappa shape index (κ1) is 16.0. The van der Waals surface area contributed by atoms with Crippen LogP contribution in [0.4, 0.5) is 4.79 Å². The van der Waals surface area contributed by atoms with Gasteiger partial charge in [0.25, 0.3) is 0 Å². The molecule has 0 aliphatic carbocycles. The summed E-state index contributed by atoms with van der Waals surface area (Å²) in [4.78, 5) is 28.1. The standard InChI is InChI=1S/C13H21N3O4/c1-4-10-7-14-11(20-10)8-15-13(19)16(9(2)3)6-5-12(17)18/h7,9H,4-6,8H2,1-3H3,(H,15,19)(H,17,18). The maximum atomic E-state index is 12.0. The summed E-state index contributed by atoms with van der Waals surface area (Å²) < 4.78 is 5.38. The molecule has 0 bridgehead atoms. The Balaban J connectivity index is 2.50. The van der Waals surface area contributed by atoms with Gasteiger partial charge in [0.2, 0.25) is 5.89 Å². The first-order chi connectivity index (χ1) is 9.43. The van der Waals surface area contributed by atoms with Gasteiger partial charge in [-0.25, -0.2) is 9.78 Å². The molecule has 1 aromatic heterocycles. The Morgan fingerprint density at radius 1 is 1.50 bits per heavy atom. The van der Waals surface area contributed by atoms with Crippen molar-refractivity contribution < 1.29 is 19.1 Å². The first-order valence-corrected chi connectivity index (χ1v) is 6.63. The van der Waals surface area contributed by atoms with E-state index in [0.29, 0.717) is 5.89 Å². The second-order valence-electron chi connectivity index (χ2n) is 4.66. The van der Waals surface area contributed by atoms with E-state index in [0.717, 1.165) is 12.2 Å². The van der Waals surface area contributed by atoms with E-state index in [9.17, 15) is 9.59 Å². The number of hydrogen-bond donors (Lipinski definition) is 2. The number of oxazole rings is 1. The SMILES string of the molecule is CCc1cnc(CNC(=O)N(CCC(=O)O)C(C)C)o1. The predicted octanol–water partition coefficient (Wildman–Crippen LogP) is 1.63. The third-order valence-corrected chi connectivity index (χ3v) is 2.79. The van der Waals surface area contributed by atoms with E-state index in [1.54, 1.807) is 6.20 Å². The van der Waals surface area contributed by atoms with Crippen molar-refractivity contribution in [1.82, 2.24) is 15.2 Å². The van der Waals surface area contributed by atoms with Crippen LogP contribution in [0.5, 0.6) is 0 Å². The van der Waals surface area contributed by atoms with Crippen molar-refractivity contribution in [2.24, 2.45) is 0 Å². The van der Waals surface area contributed by atoms with E-state index in [4.69, 9.17) is 9.52 Å². The highest BCUT2D eigenvalue weighted by molar-refractivity contribution is 5.75. The van der Waals surface area contributed by atoms with Crippen molar-refractivity contribution in [1.29, 1.82) is 0 Å². The summed E-state index contributed by atoms with van der Waals surface area (Å²) in [6.07, 6.45) is 2.30. The van der Waals surface area contributed by atoms with Crippen LogP contribution in [0.25, 0.3) is 0 Å². The fraction of sp³-hybridized carbons (Fsp3) is 0.615. The van der Waals surface area contributed by atoms with Crippen LogP contribution < -0.4 is 5.32 Å². The molecule has 0 saturated carbocycles. The number of aromatic nitrogens is 1. The van der Waals surface area contributed by atoms with Gasteiger partial charge in [0.05, 0.1) is 19.2 Å². The molecule has 0 aromatic carbocycles. The van der Waals surface area contributed by atoms with Crippen molar-refractivity contribution >= 4 is 12.0 Å². The Morgan fingerprint density at radius 3 is 2.70 bits per heavy atom. The van der Waals surface area contributed by atoms with E-state index >= 15 is 0 Å². The number of carboxylic acids is 1. The summed E-state index contributed by atoms with van der Waals surface area (Å²) in [6, 6.07) is -0.400. The number of urea groups is 1. The molecule has 1 aromatic rings. The first-order valence-electron chi connectivity index (χ1n) is 6.63. The Hall–Kier alpha value is -2.05. The molecular weight excluding hydrogens is 262 g/mol. The van der Waals surface area contributed by atoms with Gasteiger partial charge in [-0.05, 0) is 13.8 Å². The second kappa shape index (κ2) is 7.52. The lowest BCUT2D eigenvalue weighted by Crippen LogP contribution is -2.44. The lowest BCUT2D eigenvalue weighted by atomic mass is 10.3. The number of amides is 2. The van der Waals surface area contributed by atoms with E-state index in [-0.39, 0.29) is 31.6 Å². The summed E-state index contributed by atoms with van der Waals surface area (Å²) >= 11 is 0. The summed E-state index contributed by atoms with van der Waals surface area (Å²) in [5.74, 6) is 0.279. The van der Waals surface area contributed by atoms with E-state index in [1.165, 1.54) is 4.90 Å². The van der Waals surface area contributed by atoms with Crippen LogP contribution in [-0.2, 0) is 17.8 Å². The number of carbonyl (C=O) groups is 2. The zero-order valence-corrected chi connectivity index (χ0v) is 12.0. The summed E-state index contributed by atoms with van der Waals surface area (Å²) in [7, 11) is 0. The molecule has 20 heavy (non-hydrogen) atoms. The van der Waals surface area contributed by atoms with Crippen LogP contribution >= 0.6 is 0 Å². The van der Waals surface area contributed by atoms with Gasteiger partial charge >= 0.3 is 12.0 Å². The Kier molecular flexibility index (Phi) is 6.02. The molecule has 2 N–H and O–H groups in total. The maximum absolute atomic E-state index is 12.0. The molecule has 0 spiro atoms. The van der Waals surface area contributed by atoms with Crippen LogP contribution in [0, 0.1) is 0 Å². The summed E-state index contributed by atoms with van der Waals surface area (Å²) in [6.45, 7) is 5.98. The lowest BCUT2D eigenvalue weighted by Gasteiger charge is -2.26. The van der Waals surface area contributed by atoms with Crippen molar-refractivity contribution in [3.63, 3.8) is 0 Å².